The summed E-state index contributed by atoms with van der Waals surface area (Å²) in [6.07, 6.45) is 1.64. The van der Waals surface area contributed by atoms with Gasteiger partial charge in [-0.2, -0.15) is 0 Å². The van der Waals surface area contributed by atoms with Crippen molar-refractivity contribution in [2.24, 2.45) is 5.92 Å². The Bertz CT molecular complexity index is 516. The first-order chi connectivity index (χ1) is 9.47. The maximum Gasteiger partial charge on any atom is 0.308 e. The molecule has 0 unspecified atom stereocenters. The zero-order valence-electron chi connectivity index (χ0n) is 11.6. The average molecular weight is 276 g/mol. The third-order valence-corrected chi connectivity index (χ3v) is 3.86. The number of amides is 1. The first kappa shape index (κ1) is 14.4. The average Bonchev–Trinajstić information content (AvgIpc) is 2.38. The standard InChI is InChI=1S/C15H20N2O3/c1-10-5-6-12(15(19)20)9-17(10)14(18)8-11-3-2-4-13(16)7-11/h2-4,7,10,12H,5-6,8-9,16H2,1H3,(H,19,20)/t10-,12+/m0/s1. The molecule has 1 heterocycles. The number of aliphatic carboxylic acids is 1. The van der Waals surface area contributed by atoms with E-state index in [1.54, 1.807) is 17.0 Å². The Morgan fingerprint density at radius 3 is 2.80 bits per heavy atom. The van der Waals surface area contributed by atoms with Crippen LogP contribution in [0.3, 0.4) is 0 Å². The van der Waals surface area contributed by atoms with Gasteiger partial charge >= 0.3 is 5.97 Å². The van der Waals surface area contributed by atoms with Crippen LogP contribution in [-0.2, 0) is 16.0 Å². The second-order valence-electron chi connectivity index (χ2n) is 5.43. The number of likely N-dealkylation sites (tertiary alicyclic amines) is 1. The lowest BCUT2D eigenvalue weighted by molar-refractivity contribution is -0.146. The molecule has 1 aromatic rings. The highest BCUT2D eigenvalue weighted by atomic mass is 16.4. The number of carboxylic acid groups (broad SMARTS) is 1. The van der Waals surface area contributed by atoms with E-state index < -0.39 is 11.9 Å². The Labute approximate surface area is 118 Å². The van der Waals surface area contributed by atoms with Crippen LogP contribution < -0.4 is 5.73 Å². The van der Waals surface area contributed by atoms with E-state index in [0.29, 0.717) is 18.7 Å². The monoisotopic (exact) mass is 276 g/mol. The smallest absolute Gasteiger partial charge is 0.308 e. The lowest BCUT2D eigenvalue weighted by Gasteiger charge is -2.36. The van der Waals surface area contributed by atoms with Gasteiger partial charge in [-0.1, -0.05) is 12.1 Å². The second-order valence-corrected chi connectivity index (χ2v) is 5.43. The van der Waals surface area contributed by atoms with Crippen LogP contribution in [0.2, 0.25) is 0 Å². The largest absolute Gasteiger partial charge is 0.481 e. The first-order valence-corrected chi connectivity index (χ1v) is 6.84. The number of nitrogens with two attached hydrogens (primary N) is 1. The van der Waals surface area contributed by atoms with E-state index in [1.807, 2.05) is 19.1 Å². The Balaban J connectivity index is 2.05. The SMILES string of the molecule is C[C@H]1CC[C@@H](C(=O)O)CN1C(=O)Cc1cccc(N)c1. The molecular weight excluding hydrogens is 256 g/mol. The number of anilines is 1. The zero-order chi connectivity index (χ0) is 14.7. The van der Waals surface area contributed by atoms with Crippen LogP contribution in [0.5, 0.6) is 0 Å². The highest BCUT2D eigenvalue weighted by Crippen LogP contribution is 2.23. The quantitative estimate of drug-likeness (QED) is 0.820. The normalized spacial score (nSPS) is 22.6. The molecule has 1 aliphatic heterocycles. The summed E-state index contributed by atoms with van der Waals surface area (Å²) in [6.45, 7) is 2.27. The maximum absolute atomic E-state index is 12.3. The molecule has 0 aromatic heterocycles. The Morgan fingerprint density at radius 1 is 1.40 bits per heavy atom. The van der Waals surface area contributed by atoms with Crippen molar-refractivity contribution < 1.29 is 14.7 Å². The summed E-state index contributed by atoms with van der Waals surface area (Å²) in [4.78, 5) is 25.1. The van der Waals surface area contributed by atoms with Gasteiger partial charge in [0.1, 0.15) is 0 Å². The Hall–Kier alpha value is -2.04. The predicted molar refractivity (Wildman–Crippen MR) is 76.1 cm³/mol. The van der Waals surface area contributed by atoms with Crippen LogP contribution in [-0.4, -0.2) is 34.5 Å². The van der Waals surface area contributed by atoms with Gasteiger partial charge in [-0.25, -0.2) is 0 Å². The molecule has 2 atom stereocenters. The van der Waals surface area contributed by atoms with E-state index in [1.165, 1.54) is 0 Å². The summed E-state index contributed by atoms with van der Waals surface area (Å²) in [7, 11) is 0. The molecule has 0 bridgehead atoms. The third kappa shape index (κ3) is 3.29. The van der Waals surface area contributed by atoms with Crippen molar-refractivity contribution in [2.45, 2.75) is 32.2 Å². The Kier molecular flexibility index (Phi) is 4.27. The topological polar surface area (TPSA) is 83.6 Å². The molecule has 0 saturated carbocycles. The van der Waals surface area contributed by atoms with E-state index in [-0.39, 0.29) is 18.4 Å². The molecule has 5 nitrogen and oxygen atoms in total. The van der Waals surface area contributed by atoms with Crippen LogP contribution in [0.25, 0.3) is 0 Å². The minimum atomic E-state index is -0.821. The summed E-state index contributed by atoms with van der Waals surface area (Å²) in [6, 6.07) is 7.33. The van der Waals surface area contributed by atoms with Gasteiger partial charge in [-0.3, -0.25) is 9.59 Å². The molecule has 3 N–H and O–H groups in total. The van der Waals surface area contributed by atoms with Crippen molar-refractivity contribution in [3.63, 3.8) is 0 Å². The van der Waals surface area contributed by atoms with E-state index >= 15 is 0 Å². The van der Waals surface area contributed by atoms with E-state index in [4.69, 9.17) is 10.8 Å². The van der Waals surface area contributed by atoms with Crippen molar-refractivity contribution in [3.05, 3.63) is 29.8 Å². The molecule has 0 radical (unpaired) electrons. The molecule has 0 aliphatic carbocycles. The molecule has 1 fully saturated rings. The molecule has 5 heteroatoms. The lowest BCUT2D eigenvalue weighted by Crippen LogP contribution is -2.47. The zero-order valence-corrected chi connectivity index (χ0v) is 11.6. The van der Waals surface area contributed by atoms with Gasteiger partial charge in [0.25, 0.3) is 0 Å². The highest BCUT2D eigenvalue weighted by Gasteiger charge is 2.32. The van der Waals surface area contributed by atoms with Crippen molar-refractivity contribution in [2.75, 3.05) is 12.3 Å². The Morgan fingerprint density at radius 2 is 2.15 bits per heavy atom. The summed E-state index contributed by atoms with van der Waals surface area (Å²) < 4.78 is 0. The number of nitrogens with zero attached hydrogens (tertiary/aromatic N) is 1. The van der Waals surface area contributed by atoms with Gasteiger partial charge in [0.2, 0.25) is 5.91 Å². The number of hydrogen-bond donors (Lipinski definition) is 2. The number of piperidine rings is 1. The highest BCUT2D eigenvalue weighted by molar-refractivity contribution is 5.80. The number of rotatable bonds is 3. The number of nitrogen functional groups attached to an aromatic ring is 1. The molecule has 1 amide bonds. The fourth-order valence-corrected chi connectivity index (χ4v) is 2.64. The van der Waals surface area contributed by atoms with Crippen molar-refractivity contribution in [3.8, 4) is 0 Å². The minimum Gasteiger partial charge on any atom is -0.481 e. The van der Waals surface area contributed by atoms with E-state index in [9.17, 15) is 9.59 Å². The number of carboxylic acids is 1. The fraction of sp³-hybridized carbons (Fsp3) is 0.467. The summed E-state index contributed by atoms with van der Waals surface area (Å²) in [5.41, 5.74) is 7.19. The van der Waals surface area contributed by atoms with Gasteiger partial charge in [-0.15, -0.1) is 0 Å². The second kappa shape index (κ2) is 5.94. The minimum absolute atomic E-state index is 0.0333. The number of hydrogen-bond acceptors (Lipinski definition) is 3. The van der Waals surface area contributed by atoms with Crippen LogP contribution in [0.4, 0.5) is 5.69 Å². The van der Waals surface area contributed by atoms with E-state index in [0.717, 1.165) is 12.0 Å². The first-order valence-electron chi connectivity index (χ1n) is 6.84. The van der Waals surface area contributed by atoms with Crippen LogP contribution in [0.15, 0.2) is 24.3 Å². The molecule has 20 heavy (non-hydrogen) atoms. The van der Waals surface area contributed by atoms with Gasteiger partial charge in [0.15, 0.2) is 0 Å². The number of carbonyl (C=O) groups excluding carboxylic acids is 1. The van der Waals surface area contributed by atoms with Gasteiger partial charge in [0, 0.05) is 18.3 Å². The maximum atomic E-state index is 12.3. The van der Waals surface area contributed by atoms with Crippen LogP contribution >= 0.6 is 0 Å². The van der Waals surface area contributed by atoms with E-state index in [2.05, 4.69) is 0 Å². The summed E-state index contributed by atoms with van der Waals surface area (Å²) in [5.74, 6) is -1.30. The molecule has 1 aromatic carbocycles. The molecule has 1 saturated heterocycles. The van der Waals surface area contributed by atoms with Crippen molar-refractivity contribution in [1.29, 1.82) is 0 Å². The number of carbonyl (C=O) groups is 2. The predicted octanol–water partition coefficient (Wildman–Crippen LogP) is 1.52. The van der Waals surface area contributed by atoms with Gasteiger partial charge < -0.3 is 15.7 Å². The molecule has 1 aliphatic rings. The van der Waals surface area contributed by atoms with Crippen LogP contribution in [0, 0.1) is 5.92 Å². The summed E-state index contributed by atoms with van der Waals surface area (Å²) >= 11 is 0. The molecular formula is C15H20N2O3. The van der Waals surface area contributed by atoms with Crippen molar-refractivity contribution in [1.82, 2.24) is 4.90 Å². The summed E-state index contributed by atoms with van der Waals surface area (Å²) in [5, 5.41) is 9.10. The van der Waals surface area contributed by atoms with Crippen LogP contribution in [0.1, 0.15) is 25.3 Å². The molecule has 108 valence electrons. The number of benzene rings is 1. The van der Waals surface area contributed by atoms with Gasteiger partial charge in [0.05, 0.1) is 12.3 Å². The lowest BCUT2D eigenvalue weighted by atomic mass is 9.93. The van der Waals surface area contributed by atoms with Gasteiger partial charge in [-0.05, 0) is 37.5 Å². The third-order valence-electron chi connectivity index (χ3n) is 3.86. The van der Waals surface area contributed by atoms with Crippen molar-refractivity contribution >= 4 is 17.6 Å². The fourth-order valence-electron chi connectivity index (χ4n) is 2.64. The molecule has 2 rings (SSSR count). The molecule has 0 spiro atoms.